The van der Waals surface area contributed by atoms with E-state index in [4.69, 9.17) is 5.73 Å². The van der Waals surface area contributed by atoms with Crippen molar-refractivity contribution in [3.8, 4) is 0 Å². The van der Waals surface area contributed by atoms with Gasteiger partial charge in [-0.2, -0.15) is 0 Å². The Morgan fingerprint density at radius 1 is 1.42 bits per heavy atom. The maximum atomic E-state index is 11.8. The lowest BCUT2D eigenvalue weighted by molar-refractivity contribution is 0.588. The van der Waals surface area contributed by atoms with E-state index in [0.29, 0.717) is 23.3 Å². The first kappa shape index (κ1) is 14.1. The molecule has 1 aliphatic carbocycles. The average molecular weight is 283 g/mol. The molecular formula is C13H21N3O2S. The third-order valence-corrected chi connectivity index (χ3v) is 4.94. The summed E-state index contributed by atoms with van der Waals surface area (Å²) in [7, 11) is -2.02. The van der Waals surface area contributed by atoms with E-state index in [1.54, 1.807) is 12.1 Å². The van der Waals surface area contributed by atoms with E-state index in [9.17, 15) is 8.42 Å². The fourth-order valence-corrected chi connectivity index (χ4v) is 3.02. The van der Waals surface area contributed by atoms with E-state index < -0.39 is 10.0 Å². The van der Waals surface area contributed by atoms with Crippen molar-refractivity contribution in [1.29, 1.82) is 0 Å². The Kier molecular flexibility index (Phi) is 4.01. The number of sulfonamides is 1. The molecular weight excluding hydrogens is 262 g/mol. The van der Waals surface area contributed by atoms with Crippen LogP contribution in [0.25, 0.3) is 0 Å². The van der Waals surface area contributed by atoms with Gasteiger partial charge in [-0.05, 0) is 44.0 Å². The maximum absolute atomic E-state index is 11.8. The van der Waals surface area contributed by atoms with Crippen molar-refractivity contribution < 1.29 is 8.42 Å². The van der Waals surface area contributed by atoms with Crippen LogP contribution in [-0.4, -0.2) is 21.5 Å². The third kappa shape index (κ3) is 3.19. The van der Waals surface area contributed by atoms with Crippen molar-refractivity contribution in [2.45, 2.75) is 37.1 Å². The number of nitrogen functional groups attached to an aromatic ring is 1. The molecule has 1 aliphatic rings. The van der Waals surface area contributed by atoms with Crippen LogP contribution in [0.4, 0.5) is 11.4 Å². The fourth-order valence-electron chi connectivity index (χ4n) is 2.26. The predicted octanol–water partition coefficient (Wildman–Crippen LogP) is 1.78. The maximum Gasteiger partial charge on any atom is 0.240 e. The molecule has 2 unspecified atom stereocenters. The highest BCUT2D eigenvalue weighted by atomic mass is 32.2. The highest BCUT2D eigenvalue weighted by Gasteiger charge is 2.36. The van der Waals surface area contributed by atoms with Crippen LogP contribution >= 0.6 is 0 Å². The van der Waals surface area contributed by atoms with Crippen LogP contribution in [0.5, 0.6) is 0 Å². The Balaban J connectivity index is 2.15. The predicted molar refractivity (Wildman–Crippen MR) is 77.5 cm³/mol. The molecule has 1 aromatic rings. The minimum Gasteiger partial charge on any atom is -0.397 e. The lowest BCUT2D eigenvalue weighted by atomic mass is 10.2. The lowest BCUT2D eigenvalue weighted by Gasteiger charge is -2.11. The number of nitrogens with two attached hydrogens (primary N) is 1. The number of benzene rings is 1. The minimum atomic E-state index is -3.42. The molecule has 0 bridgehead atoms. The summed E-state index contributed by atoms with van der Waals surface area (Å²) in [6, 6.07) is 5.17. The van der Waals surface area contributed by atoms with E-state index in [-0.39, 0.29) is 4.90 Å². The van der Waals surface area contributed by atoms with Gasteiger partial charge >= 0.3 is 0 Å². The second kappa shape index (κ2) is 5.38. The SMILES string of the molecule is CCCC1CC1Nc1cc(S(=O)(=O)NC)ccc1N. The number of rotatable bonds is 6. The summed E-state index contributed by atoms with van der Waals surface area (Å²) in [5, 5.41) is 3.34. The number of anilines is 2. The van der Waals surface area contributed by atoms with Gasteiger partial charge in [-0.3, -0.25) is 0 Å². The van der Waals surface area contributed by atoms with Crippen LogP contribution < -0.4 is 15.8 Å². The first-order chi connectivity index (χ1) is 8.97. The molecule has 0 aliphatic heterocycles. The van der Waals surface area contributed by atoms with Crippen molar-refractivity contribution in [3.63, 3.8) is 0 Å². The highest BCUT2D eigenvalue weighted by Crippen LogP contribution is 2.38. The smallest absolute Gasteiger partial charge is 0.240 e. The molecule has 0 heterocycles. The van der Waals surface area contributed by atoms with Crippen LogP contribution in [0.15, 0.2) is 23.1 Å². The Labute approximate surface area is 114 Å². The van der Waals surface area contributed by atoms with Crippen LogP contribution in [-0.2, 0) is 10.0 Å². The quantitative estimate of drug-likeness (QED) is 0.695. The molecule has 106 valence electrons. The van der Waals surface area contributed by atoms with Crippen molar-refractivity contribution in [2.24, 2.45) is 5.92 Å². The van der Waals surface area contributed by atoms with Crippen molar-refractivity contribution >= 4 is 21.4 Å². The minimum absolute atomic E-state index is 0.236. The van der Waals surface area contributed by atoms with Crippen LogP contribution in [0.1, 0.15) is 26.2 Å². The highest BCUT2D eigenvalue weighted by molar-refractivity contribution is 7.89. The molecule has 2 atom stereocenters. The zero-order chi connectivity index (χ0) is 14.0. The molecule has 0 aromatic heterocycles. The van der Waals surface area contributed by atoms with Gasteiger partial charge in [0.15, 0.2) is 0 Å². The number of nitrogens with one attached hydrogen (secondary N) is 2. The average Bonchev–Trinajstić information content (AvgIpc) is 3.10. The van der Waals surface area contributed by atoms with E-state index in [2.05, 4.69) is 17.0 Å². The summed E-state index contributed by atoms with van der Waals surface area (Å²) in [6.07, 6.45) is 3.51. The molecule has 19 heavy (non-hydrogen) atoms. The van der Waals surface area contributed by atoms with Gasteiger partial charge in [0.05, 0.1) is 16.3 Å². The molecule has 1 fully saturated rings. The van der Waals surface area contributed by atoms with Gasteiger partial charge in [-0.15, -0.1) is 0 Å². The van der Waals surface area contributed by atoms with Crippen LogP contribution in [0.3, 0.4) is 0 Å². The third-order valence-electron chi connectivity index (χ3n) is 3.53. The van der Waals surface area contributed by atoms with Gasteiger partial charge < -0.3 is 11.1 Å². The standard InChI is InChI=1S/C13H21N3O2S/c1-3-4-9-7-12(9)16-13-8-10(5-6-11(13)14)19(17,18)15-2/h5-6,8-9,12,15-16H,3-4,7,14H2,1-2H3. The van der Waals surface area contributed by atoms with Gasteiger partial charge in [-0.25, -0.2) is 13.1 Å². The Morgan fingerprint density at radius 3 is 2.79 bits per heavy atom. The molecule has 0 spiro atoms. The lowest BCUT2D eigenvalue weighted by Crippen LogP contribution is -2.19. The second-order valence-corrected chi connectivity index (χ2v) is 6.88. The summed E-state index contributed by atoms with van der Waals surface area (Å²) >= 11 is 0. The van der Waals surface area contributed by atoms with Gasteiger partial charge in [0.25, 0.3) is 0 Å². The zero-order valence-corrected chi connectivity index (χ0v) is 12.1. The zero-order valence-electron chi connectivity index (χ0n) is 11.3. The van der Waals surface area contributed by atoms with Gasteiger partial charge in [0.1, 0.15) is 0 Å². The summed E-state index contributed by atoms with van der Waals surface area (Å²) in [5.41, 5.74) is 7.18. The summed E-state index contributed by atoms with van der Waals surface area (Å²) < 4.78 is 25.8. The first-order valence-corrected chi connectivity index (χ1v) is 8.06. The van der Waals surface area contributed by atoms with E-state index in [1.807, 2.05) is 0 Å². The summed E-state index contributed by atoms with van der Waals surface area (Å²) in [4.78, 5) is 0.236. The molecule has 0 radical (unpaired) electrons. The van der Waals surface area contributed by atoms with Gasteiger partial charge in [0.2, 0.25) is 10.0 Å². The molecule has 5 nitrogen and oxygen atoms in total. The second-order valence-electron chi connectivity index (χ2n) is 4.99. The van der Waals surface area contributed by atoms with E-state index in [0.717, 1.165) is 6.42 Å². The van der Waals surface area contributed by atoms with Crippen LogP contribution in [0, 0.1) is 5.92 Å². The topological polar surface area (TPSA) is 84.2 Å². The van der Waals surface area contributed by atoms with E-state index >= 15 is 0 Å². The molecule has 1 aromatic carbocycles. The van der Waals surface area contributed by atoms with Gasteiger partial charge in [-0.1, -0.05) is 13.3 Å². The molecule has 1 saturated carbocycles. The Morgan fingerprint density at radius 2 is 2.16 bits per heavy atom. The molecule has 2 rings (SSSR count). The largest absolute Gasteiger partial charge is 0.397 e. The monoisotopic (exact) mass is 283 g/mol. The van der Waals surface area contributed by atoms with Crippen molar-refractivity contribution in [2.75, 3.05) is 18.1 Å². The van der Waals surface area contributed by atoms with Crippen molar-refractivity contribution in [3.05, 3.63) is 18.2 Å². The summed E-state index contributed by atoms with van der Waals surface area (Å²) in [5.74, 6) is 0.689. The van der Waals surface area contributed by atoms with Gasteiger partial charge in [0, 0.05) is 6.04 Å². The number of hydrogen-bond donors (Lipinski definition) is 3. The normalized spacial score (nSPS) is 22.2. The summed E-state index contributed by atoms with van der Waals surface area (Å²) in [6.45, 7) is 2.17. The van der Waals surface area contributed by atoms with E-state index in [1.165, 1.54) is 26.0 Å². The Bertz CT molecular complexity index is 557. The Hall–Kier alpha value is -1.27. The molecule has 4 N–H and O–H groups in total. The first-order valence-electron chi connectivity index (χ1n) is 6.57. The van der Waals surface area contributed by atoms with Crippen molar-refractivity contribution in [1.82, 2.24) is 4.72 Å². The fraction of sp³-hybridized carbons (Fsp3) is 0.538. The molecule has 0 saturated heterocycles. The molecule has 0 amide bonds. The molecule has 6 heteroatoms. The van der Waals surface area contributed by atoms with Crippen LogP contribution in [0.2, 0.25) is 0 Å². The number of hydrogen-bond acceptors (Lipinski definition) is 4.